The molecule has 106 valence electrons. The number of nitrogen functional groups attached to an aromatic ring is 1. The highest BCUT2D eigenvalue weighted by Gasteiger charge is 2.21. The van der Waals surface area contributed by atoms with Gasteiger partial charge in [0.15, 0.2) is 0 Å². The molecule has 2 aromatic rings. The van der Waals surface area contributed by atoms with Crippen molar-refractivity contribution in [3.8, 4) is 0 Å². The lowest BCUT2D eigenvalue weighted by molar-refractivity contribution is 0.0745. The fourth-order valence-electron chi connectivity index (χ4n) is 1.81. The summed E-state index contributed by atoms with van der Waals surface area (Å²) in [7, 11) is 1.75. The van der Waals surface area contributed by atoms with E-state index in [0.29, 0.717) is 11.3 Å². The molecule has 1 amide bonds. The molecule has 3 nitrogen and oxygen atoms in total. The summed E-state index contributed by atoms with van der Waals surface area (Å²) in [5, 5.41) is 2.57. The maximum Gasteiger partial charge on any atom is 0.254 e. The van der Waals surface area contributed by atoms with E-state index in [0.717, 1.165) is 4.88 Å². The fraction of sp³-hybridized carbons (Fsp3) is 0.214. The van der Waals surface area contributed by atoms with Crippen LogP contribution >= 0.6 is 34.5 Å². The van der Waals surface area contributed by atoms with Crippen molar-refractivity contribution in [1.82, 2.24) is 4.90 Å². The highest BCUT2D eigenvalue weighted by atomic mass is 35.5. The highest BCUT2D eigenvalue weighted by Crippen LogP contribution is 2.31. The summed E-state index contributed by atoms with van der Waals surface area (Å²) in [6.45, 7) is 1.98. The first-order valence-corrected chi connectivity index (χ1v) is 7.60. The topological polar surface area (TPSA) is 46.3 Å². The van der Waals surface area contributed by atoms with Gasteiger partial charge in [0.1, 0.15) is 0 Å². The quantitative estimate of drug-likeness (QED) is 0.845. The number of benzene rings is 1. The van der Waals surface area contributed by atoms with E-state index in [-0.39, 0.29) is 22.0 Å². The molecule has 0 fully saturated rings. The van der Waals surface area contributed by atoms with Crippen LogP contribution in [0, 0.1) is 0 Å². The number of carbonyl (C=O) groups is 1. The number of anilines is 1. The summed E-state index contributed by atoms with van der Waals surface area (Å²) in [5.41, 5.74) is 6.40. The van der Waals surface area contributed by atoms with Gasteiger partial charge in [-0.25, -0.2) is 0 Å². The maximum atomic E-state index is 12.5. The molecule has 0 radical (unpaired) electrons. The number of hydrogen-bond donors (Lipinski definition) is 1. The third-order valence-electron chi connectivity index (χ3n) is 3.18. The number of halogens is 2. The van der Waals surface area contributed by atoms with E-state index in [1.165, 1.54) is 0 Å². The van der Waals surface area contributed by atoms with Crippen LogP contribution in [0.3, 0.4) is 0 Å². The van der Waals surface area contributed by atoms with Gasteiger partial charge in [-0.3, -0.25) is 4.79 Å². The molecule has 0 saturated heterocycles. The molecule has 1 aromatic heterocycles. The molecular weight excluding hydrogens is 315 g/mol. The molecule has 0 aliphatic rings. The van der Waals surface area contributed by atoms with Crippen molar-refractivity contribution in [2.75, 3.05) is 12.8 Å². The summed E-state index contributed by atoms with van der Waals surface area (Å²) >= 11 is 13.6. The van der Waals surface area contributed by atoms with E-state index in [4.69, 9.17) is 28.9 Å². The largest absolute Gasteiger partial charge is 0.396 e. The lowest BCUT2D eigenvalue weighted by Gasteiger charge is -2.24. The molecular formula is C14H14Cl2N2OS. The molecule has 6 heteroatoms. The minimum atomic E-state index is -0.144. The second-order valence-electron chi connectivity index (χ2n) is 4.46. The molecule has 2 rings (SSSR count). The zero-order valence-electron chi connectivity index (χ0n) is 11.1. The molecule has 0 bridgehead atoms. The van der Waals surface area contributed by atoms with Crippen LogP contribution in [0.15, 0.2) is 29.6 Å². The predicted molar refractivity (Wildman–Crippen MR) is 85.7 cm³/mol. The van der Waals surface area contributed by atoms with E-state index in [2.05, 4.69) is 0 Å². The Morgan fingerprint density at radius 3 is 2.45 bits per heavy atom. The fourth-order valence-corrected chi connectivity index (χ4v) is 3.12. The lowest BCUT2D eigenvalue weighted by atomic mass is 10.1. The zero-order chi connectivity index (χ0) is 14.9. The van der Waals surface area contributed by atoms with Crippen LogP contribution in [0.1, 0.15) is 28.2 Å². The Kier molecular flexibility index (Phi) is 4.58. The standard InChI is InChI=1S/C14H14Cl2N2OS/c1-8(12-4-3-5-20-12)18(2)14(19)9-6-10(15)13(17)11(16)7-9/h3-8H,17H2,1-2H3. The number of nitrogens with zero attached hydrogens (tertiary/aromatic N) is 1. The Hall–Kier alpha value is -1.23. The van der Waals surface area contributed by atoms with Gasteiger partial charge in [0.05, 0.1) is 21.8 Å². The first kappa shape index (κ1) is 15.2. The van der Waals surface area contributed by atoms with Crippen LogP contribution in [0.2, 0.25) is 10.0 Å². The average Bonchev–Trinajstić information content (AvgIpc) is 2.95. The van der Waals surface area contributed by atoms with Gasteiger partial charge in [0, 0.05) is 17.5 Å². The number of rotatable bonds is 3. The van der Waals surface area contributed by atoms with Crippen molar-refractivity contribution in [2.45, 2.75) is 13.0 Å². The van der Waals surface area contributed by atoms with Crippen LogP contribution in [0.4, 0.5) is 5.69 Å². The predicted octanol–water partition coefficient (Wildman–Crippen LogP) is 4.47. The van der Waals surface area contributed by atoms with Crippen LogP contribution in [-0.2, 0) is 0 Å². The minimum Gasteiger partial charge on any atom is -0.396 e. The maximum absolute atomic E-state index is 12.5. The summed E-state index contributed by atoms with van der Waals surface area (Å²) in [6, 6.07) is 7.04. The molecule has 1 heterocycles. The molecule has 1 aromatic carbocycles. The van der Waals surface area contributed by atoms with Crippen molar-refractivity contribution in [2.24, 2.45) is 0 Å². The first-order valence-electron chi connectivity index (χ1n) is 5.97. The van der Waals surface area contributed by atoms with Crippen LogP contribution in [-0.4, -0.2) is 17.9 Å². The van der Waals surface area contributed by atoms with E-state index >= 15 is 0 Å². The smallest absolute Gasteiger partial charge is 0.254 e. The molecule has 0 saturated carbocycles. The van der Waals surface area contributed by atoms with Gasteiger partial charge in [-0.1, -0.05) is 29.3 Å². The normalized spacial score (nSPS) is 12.2. The Morgan fingerprint density at radius 1 is 1.35 bits per heavy atom. The third kappa shape index (κ3) is 2.92. The Bertz CT molecular complexity index is 605. The van der Waals surface area contributed by atoms with E-state index in [1.54, 1.807) is 35.4 Å². The number of thiophene rings is 1. The lowest BCUT2D eigenvalue weighted by Crippen LogP contribution is -2.29. The third-order valence-corrected chi connectivity index (χ3v) is 4.85. The van der Waals surface area contributed by atoms with Crippen LogP contribution < -0.4 is 5.73 Å². The van der Waals surface area contributed by atoms with Gasteiger partial charge >= 0.3 is 0 Å². The monoisotopic (exact) mass is 328 g/mol. The molecule has 1 unspecified atom stereocenters. The molecule has 20 heavy (non-hydrogen) atoms. The molecule has 0 aliphatic heterocycles. The first-order chi connectivity index (χ1) is 9.41. The van der Waals surface area contributed by atoms with Gasteiger partial charge < -0.3 is 10.6 Å². The van der Waals surface area contributed by atoms with Crippen molar-refractivity contribution < 1.29 is 4.79 Å². The van der Waals surface area contributed by atoms with Crippen molar-refractivity contribution >= 4 is 46.1 Å². The molecule has 1 atom stereocenters. The summed E-state index contributed by atoms with van der Waals surface area (Å²) < 4.78 is 0. The summed E-state index contributed by atoms with van der Waals surface area (Å²) in [6.07, 6.45) is 0. The molecule has 0 spiro atoms. The van der Waals surface area contributed by atoms with Crippen molar-refractivity contribution in [3.63, 3.8) is 0 Å². The van der Waals surface area contributed by atoms with Crippen LogP contribution in [0.25, 0.3) is 0 Å². The zero-order valence-corrected chi connectivity index (χ0v) is 13.4. The summed E-state index contributed by atoms with van der Waals surface area (Å²) in [4.78, 5) is 15.2. The molecule has 2 N–H and O–H groups in total. The SMILES string of the molecule is CC(c1cccs1)N(C)C(=O)c1cc(Cl)c(N)c(Cl)c1. The Morgan fingerprint density at radius 2 is 1.95 bits per heavy atom. The van der Waals surface area contributed by atoms with Gasteiger partial charge in [0.2, 0.25) is 0 Å². The van der Waals surface area contributed by atoms with Gasteiger partial charge in [-0.15, -0.1) is 11.3 Å². The Labute approximate surface area is 131 Å². The Balaban J connectivity index is 2.27. The number of hydrogen-bond acceptors (Lipinski definition) is 3. The van der Waals surface area contributed by atoms with Gasteiger partial charge in [-0.2, -0.15) is 0 Å². The number of carbonyl (C=O) groups excluding carboxylic acids is 1. The highest BCUT2D eigenvalue weighted by molar-refractivity contribution is 7.10. The second kappa shape index (κ2) is 6.04. The van der Waals surface area contributed by atoms with Gasteiger partial charge in [0.25, 0.3) is 5.91 Å². The molecule has 0 aliphatic carbocycles. The summed E-state index contributed by atoms with van der Waals surface area (Å²) in [5.74, 6) is -0.144. The van der Waals surface area contributed by atoms with E-state index in [9.17, 15) is 4.79 Å². The van der Waals surface area contributed by atoms with Gasteiger partial charge in [-0.05, 0) is 30.5 Å². The van der Waals surface area contributed by atoms with Crippen LogP contribution in [0.5, 0.6) is 0 Å². The average molecular weight is 329 g/mol. The number of nitrogens with two attached hydrogens (primary N) is 1. The van der Waals surface area contributed by atoms with Crippen molar-refractivity contribution in [1.29, 1.82) is 0 Å². The van der Waals surface area contributed by atoms with E-state index in [1.807, 2.05) is 24.4 Å². The minimum absolute atomic E-state index is 0.0161. The number of amides is 1. The second-order valence-corrected chi connectivity index (χ2v) is 6.25. The van der Waals surface area contributed by atoms with E-state index < -0.39 is 0 Å². The van der Waals surface area contributed by atoms with Crippen molar-refractivity contribution in [3.05, 3.63) is 50.1 Å².